The van der Waals surface area contributed by atoms with Crippen molar-refractivity contribution in [3.63, 3.8) is 0 Å². The summed E-state index contributed by atoms with van der Waals surface area (Å²) >= 11 is 0. The van der Waals surface area contributed by atoms with E-state index in [2.05, 4.69) is 0 Å². The third-order valence-electron chi connectivity index (χ3n) is 4.41. The Morgan fingerprint density at radius 3 is 2.77 bits per heavy atom. The first-order valence-electron chi connectivity index (χ1n) is 7.50. The monoisotopic (exact) mass is 301 g/mol. The number of hydrogen-bond acceptors (Lipinski definition) is 3. The first-order chi connectivity index (χ1) is 10.5. The average Bonchev–Trinajstić information content (AvgIpc) is 2.85. The van der Waals surface area contributed by atoms with Crippen LogP contribution < -0.4 is 0 Å². The lowest BCUT2D eigenvalue weighted by atomic mass is 9.98. The summed E-state index contributed by atoms with van der Waals surface area (Å²) in [5, 5.41) is 10.1. The van der Waals surface area contributed by atoms with E-state index >= 15 is 0 Å². The van der Waals surface area contributed by atoms with Gasteiger partial charge < -0.3 is 14.4 Å². The van der Waals surface area contributed by atoms with E-state index in [9.17, 15) is 9.59 Å². The van der Waals surface area contributed by atoms with Gasteiger partial charge in [-0.15, -0.1) is 0 Å². The number of benzene rings is 1. The van der Waals surface area contributed by atoms with Crippen molar-refractivity contribution in [1.82, 2.24) is 4.90 Å². The van der Waals surface area contributed by atoms with Crippen LogP contribution in [0, 0.1) is 19.8 Å². The largest absolute Gasteiger partial charge is 0.481 e. The molecule has 0 aliphatic carbocycles. The van der Waals surface area contributed by atoms with Crippen LogP contribution >= 0.6 is 0 Å². The summed E-state index contributed by atoms with van der Waals surface area (Å²) in [6, 6.07) is 5.82. The number of aryl methyl sites for hydroxylation is 2. The molecule has 2 aromatic rings. The highest BCUT2D eigenvalue weighted by Gasteiger charge is 2.31. The van der Waals surface area contributed by atoms with Gasteiger partial charge in [-0.3, -0.25) is 9.59 Å². The maximum atomic E-state index is 12.7. The normalized spacial score (nSPS) is 18.6. The number of fused-ring (bicyclic) bond motifs is 1. The quantitative estimate of drug-likeness (QED) is 0.925. The molecule has 1 fully saturated rings. The molecule has 1 aromatic heterocycles. The number of hydrogen-bond donors (Lipinski definition) is 1. The maximum absolute atomic E-state index is 12.7. The topological polar surface area (TPSA) is 70.8 Å². The Balaban J connectivity index is 1.94. The lowest BCUT2D eigenvalue weighted by molar-refractivity contribution is -0.143. The zero-order chi connectivity index (χ0) is 15.9. The molecule has 5 heteroatoms. The molecule has 1 amide bonds. The number of likely N-dealkylation sites (tertiary alicyclic amines) is 1. The van der Waals surface area contributed by atoms with Crippen LogP contribution in [0.4, 0.5) is 0 Å². The maximum Gasteiger partial charge on any atom is 0.308 e. The van der Waals surface area contributed by atoms with E-state index in [0.29, 0.717) is 25.1 Å². The van der Waals surface area contributed by atoms with Gasteiger partial charge in [-0.25, -0.2) is 0 Å². The molecule has 1 unspecified atom stereocenters. The third-order valence-corrected chi connectivity index (χ3v) is 4.41. The Kier molecular flexibility index (Phi) is 3.64. The zero-order valence-corrected chi connectivity index (χ0v) is 12.8. The van der Waals surface area contributed by atoms with Crippen LogP contribution in [-0.4, -0.2) is 35.0 Å². The highest BCUT2D eigenvalue weighted by atomic mass is 16.4. The average molecular weight is 301 g/mol. The minimum atomic E-state index is -0.838. The highest BCUT2D eigenvalue weighted by molar-refractivity contribution is 5.99. The number of rotatable bonds is 2. The summed E-state index contributed by atoms with van der Waals surface area (Å²) in [6.45, 7) is 4.65. The van der Waals surface area contributed by atoms with Gasteiger partial charge in [0, 0.05) is 24.0 Å². The number of nitrogens with zero attached hydrogens (tertiary/aromatic N) is 1. The number of carbonyl (C=O) groups is 2. The van der Waals surface area contributed by atoms with Gasteiger partial charge >= 0.3 is 5.97 Å². The lowest BCUT2D eigenvalue weighted by Gasteiger charge is -2.30. The third kappa shape index (κ3) is 2.36. The molecule has 116 valence electrons. The predicted octanol–water partition coefficient (Wildman–Crippen LogP) is 2.99. The van der Waals surface area contributed by atoms with E-state index in [1.165, 1.54) is 0 Å². The number of amides is 1. The van der Waals surface area contributed by atoms with Crippen LogP contribution in [0.2, 0.25) is 0 Å². The summed E-state index contributed by atoms with van der Waals surface area (Å²) in [5.74, 6) is -1.20. The molecular formula is C17H19NO4. The summed E-state index contributed by atoms with van der Waals surface area (Å²) in [6.07, 6.45) is 1.33. The van der Waals surface area contributed by atoms with Crippen molar-refractivity contribution in [1.29, 1.82) is 0 Å². The SMILES string of the molecule is Cc1c(C(=O)N2CCCC(C(=O)O)C2)oc2c(C)cccc12. The molecular weight excluding hydrogens is 282 g/mol. The summed E-state index contributed by atoms with van der Waals surface area (Å²) < 4.78 is 5.80. The Bertz CT molecular complexity index is 746. The van der Waals surface area contributed by atoms with Crippen molar-refractivity contribution in [2.24, 2.45) is 5.92 Å². The fraction of sp³-hybridized carbons (Fsp3) is 0.412. The van der Waals surface area contributed by atoms with Gasteiger partial charge in [-0.1, -0.05) is 18.2 Å². The molecule has 1 N–H and O–H groups in total. The minimum Gasteiger partial charge on any atom is -0.481 e. The van der Waals surface area contributed by atoms with Gasteiger partial charge in [0.2, 0.25) is 0 Å². The van der Waals surface area contributed by atoms with Crippen molar-refractivity contribution in [3.8, 4) is 0 Å². The molecule has 1 saturated heterocycles. The molecule has 1 aliphatic heterocycles. The van der Waals surface area contributed by atoms with Crippen LogP contribution in [0.3, 0.4) is 0 Å². The molecule has 0 bridgehead atoms. The molecule has 22 heavy (non-hydrogen) atoms. The number of para-hydroxylation sites is 1. The summed E-state index contributed by atoms with van der Waals surface area (Å²) in [7, 11) is 0. The van der Waals surface area contributed by atoms with Gasteiger partial charge in [0.1, 0.15) is 5.58 Å². The molecule has 5 nitrogen and oxygen atoms in total. The second-order valence-electron chi connectivity index (χ2n) is 5.94. The van der Waals surface area contributed by atoms with E-state index in [4.69, 9.17) is 9.52 Å². The van der Waals surface area contributed by atoms with E-state index in [1.807, 2.05) is 32.0 Å². The molecule has 1 aromatic carbocycles. The number of carbonyl (C=O) groups excluding carboxylic acids is 1. The van der Waals surface area contributed by atoms with E-state index in [-0.39, 0.29) is 12.5 Å². The summed E-state index contributed by atoms with van der Waals surface area (Å²) in [5.41, 5.74) is 2.54. The van der Waals surface area contributed by atoms with Crippen LogP contribution in [0.5, 0.6) is 0 Å². The number of furan rings is 1. The smallest absolute Gasteiger partial charge is 0.308 e. The van der Waals surface area contributed by atoms with Gasteiger partial charge in [-0.2, -0.15) is 0 Å². The first kappa shape index (κ1) is 14.6. The highest BCUT2D eigenvalue weighted by Crippen LogP contribution is 2.29. The van der Waals surface area contributed by atoms with E-state index < -0.39 is 11.9 Å². The fourth-order valence-corrected chi connectivity index (χ4v) is 3.09. The summed E-state index contributed by atoms with van der Waals surface area (Å²) in [4.78, 5) is 25.5. The second-order valence-corrected chi connectivity index (χ2v) is 5.94. The molecule has 0 saturated carbocycles. The molecule has 2 heterocycles. The van der Waals surface area contributed by atoms with Crippen LogP contribution in [-0.2, 0) is 4.79 Å². The number of piperidine rings is 1. The van der Waals surface area contributed by atoms with Crippen molar-refractivity contribution >= 4 is 22.8 Å². The number of carboxylic acid groups (broad SMARTS) is 1. The van der Waals surface area contributed by atoms with Crippen LogP contribution in [0.1, 0.15) is 34.5 Å². The van der Waals surface area contributed by atoms with Crippen molar-refractivity contribution in [2.45, 2.75) is 26.7 Å². The van der Waals surface area contributed by atoms with Gasteiger partial charge in [-0.05, 0) is 32.3 Å². The van der Waals surface area contributed by atoms with Crippen molar-refractivity contribution in [3.05, 3.63) is 35.1 Å². The molecule has 0 spiro atoms. The lowest BCUT2D eigenvalue weighted by Crippen LogP contribution is -2.42. The Morgan fingerprint density at radius 1 is 1.32 bits per heavy atom. The number of aliphatic carboxylic acids is 1. The van der Waals surface area contributed by atoms with Crippen molar-refractivity contribution in [2.75, 3.05) is 13.1 Å². The molecule has 3 rings (SSSR count). The molecule has 1 atom stereocenters. The predicted molar refractivity (Wildman–Crippen MR) is 82.0 cm³/mol. The first-order valence-corrected chi connectivity index (χ1v) is 7.50. The van der Waals surface area contributed by atoms with E-state index in [0.717, 1.165) is 22.1 Å². The minimum absolute atomic E-state index is 0.209. The van der Waals surface area contributed by atoms with Gasteiger partial charge in [0.25, 0.3) is 5.91 Å². The van der Waals surface area contributed by atoms with E-state index in [1.54, 1.807) is 4.90 Å². The van der Waals surface area contributed by atoms with Crippen LogP contribution in [0.25, 0.3) is 11.0 Å². The standard InChI is InChI=1S/C17H19NO4/c1-10-5-3-7-13-11(2)15(22-14(10)13)16(19)18-8-4-6-12(9-18)17(20)21/h3,5,7,12H,4,6,8-9H2,1-2H3,(H,20,21). The Labute approximate surface area is 128 Å². The molecule has 1 aliphatic rings. The second kappa shape index (κ2) is 5.48. The van der Waals surface area contributed by atoms with Crippen molar-refractivity contribution < 1.29 is 19.1 Å². The number of carboxylic acids is 1. The zero-order valence-electron chi connectivity index (χ0n) is 12.8. The fourth-order valence-electron chi connectivity index (χ4n) is 3.09. The van der Waals surface area contributed by atoms with Gasteiger partial charge in [0.05, 0.1) is 5.92 Å². The van der Waals surface area contributed by atoms with Gasteiger partial charge in [0.15, 0.2) is 5.76 Å². The molecule has 0 radical (unpaired) electrons. The Morgan fingerprint density at radius 2 is 2.09 bits per heavy atom. The Hall–Kier alpha value is -2.30. The van der Waals surface area contributed by atoms with Crippen LogP contribution in [0.15, 0.2) is 22.6 Å².